The molecule has 1 amide bonds. The highest BCUT2D eigenvalue weighted by molar-refractivity contribution is 7.16. The Balaban J connectivity index is 1.97. The quantitative estimate of drug-likeness (QED) is 0.607. The summed E-state index contributed by atoms with van der Waals surface area (Å²) in [7, 11) is 0. The fraction of sp³-hybridized carbons (Fsp3) is 0.211. The SMILES string of the molecule is CCOC(=O)c1cc(CC)sc1NC(=O)c1cc2cc(Cl)ccc2oc1=N. The van der Waals surface area contributed by atoms with Gasteiger partial charge in [0.15, 0.2) is 0 Å². The van der Waals surface area contributed by atoms with Crippen LogP contribution < -0.4 is 10.9 Å². The van der Waals surface area contributed by atoms with Crippen molar-refractivity contribution in [3.63, 3.8) is 0 Å². The van der Waals surface area contributed by atoms with Crippen molar-refractivity contribution in [1.82, 2.24) is 0 Å². The van der Waals surface area contributed by atoms with Gasteiger partial charge in [0.05, 0.1) is 12.2 Å². The number of benzene rings is 1. The molecule has 0 atom stereocenters. The third kappa shape index (κ3) is 4.04. The van der Waals surface area contributed by atoms with Crippen LogP contribution in [-0.2, 0) is 11.2 Å². The minimum absolute atomic E-state index is 0.0472. The number of carbonyl (C=O) groups excluding carboxylic acids is 2. The van der Waals surface area contributed by atoms with Gasteiger partial charge in [-0.15, -0.1) is 11.3 Å². The van der Waals surface area contributed by atoms with Crippen LogP contribution in [0.3, 0.4) is 0 Å². The fourth-order valence-electron chi connectivity index (χ4n) is 2.52. The number of rotatable bonds is 5. The van der Waals surface area contributed by atoms with E-state index in [4.69, 9.17) is 26.2 Å². The first kappa shape index (κ1) is 19.1. The fourth-order valence-corrected chi connectivity index (χ4v) is 3.68. The molecule has 0 aliphatic carbocycles. The summed E-state index contributed by atoms with van der Waals surface area (Å²) in [5.41, 5.74) is 0.537. The van der Waals surface area contributed by atoms with E-state index in [0.717, 1.165) is 11.3 Å². The summed E-state index contributed by atoms with van der Waals surface area (Å²) in [6, 6.07) is 8.20. The van der Waals surface area contributed by atoms with Crippen LogP contribution in [0.4, 0.5) is 5.00 Å². The molecule has 3 rings (SSSR count). The smallest absolute Gasteiger partial charge is 0.341 e. The van der Waals surface area contributed by atoms with Crippen molar-refractivity contribution in [3.8, 4) is 0 Å². The summed E-state index contributed by atoms with van der Waals surface area (Å²) in [6.45, 7) is 3.92. The van der Waals surface area contributed by atoms with Crippen LogP contribution in [0.5, 0.6) is 0 Å². The second-order valence-electron chi connectivity index (χ2n) is 5.66. The van der Waals surface area contributed by atoms with Gasteiger partial charge in [0.2, 0.25) is 5.55 Å². The Labute approximate surface area is 164 Å². The number of amides is 1. The minimum Gasteiger partial charge on any atom is -0.462 e. The molecule has 2 aromatic heterocycles. The van der Waals surface area contributed by atoms with Crippen LogP contribution >= 0.6 is 22.9 Å². The second-order valence-corrected chi connectivity index (χ2v) is 7.23. The van der Waals surface area contributed by atoms with E-state index >= 15 is 0 Å². The predicted octanol–water partition coefficient (Wildman–Crippen LogP) is 4.62. The minimum atomic E-state index is -0.541. The summed E-state index contributed by atoms with van der Waals surface area (Å²) in [5.74, 6) is -1.04. The van der Waals surface area contributed by atoms with E-state index in [0.29, 0.717) is 26.6 Å². The molecule has 0 bridgehead atoms. The number of nitrogens with one attached hydrogen (secondary N) is 2. The molecule has 2 N–H and O–H groups in total. The summed E-state index contributed by atoms with van der Waals surface area (Å²) >= 11 is 7.29. The topological polar surface area (TPSA) is 92.4 Å². The Morgan fingerprint density at radius 2 is 2.00 bits per heavy atom. The van der Waals surface area contributed by atoms with Crippen molar-refractivity contribution in [1.29, 1.82) is 5.41 Å². The maximum absolute atomic E-state index is 12.7. The van der Waals surface area contributed by atoms with Gasteiger partial charge in [-0.2, -0.15) is 0 Å². The van der Waals surface area contributed by atoms with E-state index in [1.165, 1.54) is 11.3 Å². The van der Waals surface area contributed by atoms with Gasteiger partial charge in [-0.05, 0) is 43.7 Å². The van der Waals surface area contributed by atoms with Crippen LogP contribution in [0.25, 0.3) is 11.0 Å². The number of halogens is 1. The van der Waals surface area contributed by atoms with Gasteiger partial charge in [0, 0.05) is 15.3 Å². The zero-order chi connectivity index (χ0) is 19.6. The van der Waals surface area contributed by atoms with E-state index < -0.39 is 11.9 Å². The van der Waals surface area contributed by atoms with Crippen molar-refractivity contribution < 1.29 is 18.7 Å². The number of anilines is 1. The number of thiophene rings is 1. The molecule has 0 unspecified atom stereocenters. The molecule has 2 heterocycles. The van der Waals surface area contributed by atoms with Gasteiger partial charge in [0.1, 0.15) is 16.1 Å². The number of aryl methyl sites for hydroxylation is 1. The molecule has 0 spiro atoms. The van der Waals surface area contributed by atoms with Crippen LogP contribution in [0.2, 0.25) is 5.02 Å². The van der Waals surface area contributed by atoms with Crippen molar-refractivity contribution in [2.75, 3.05) is 11.9 Å². The van der Waals surface area contributed by atoms with Gasteiger partial charge in [-0.3, -0.25) is 10.2 Å². The average Bonchev–Trinajstić information content (AvgIpc) is 3.04. The summed E-state index contributed by atoms with van der Waals surface area (Å²) in [4.78, 5) is 25.8. The lowest BCUT2D eigenvalue weighted by molar-refractivity contribution is 0.0528. The normalized spacial score (nSPS) is 10.8. The molecule has 0 radical (unpaired) electrons. The monoisotopic (exact) mass is 404 g/mol. The zero-order valence-corrected chi connectivity index (χ0v) is 16.3. The summed E-state index contributed by atoms with van der Waals surface area (Å²) < 4.78 is 10.5. The van der Waals surface area contributed by atoms with E-state index in [9.17, 15) is 9.59 Å². The van der Waals surface area contributed by atoms with Gasteiger partial charge in [-0.25, -0.2) is 4.79 Å². The number of esters is 1. The maximum Gasteiger partial charge on any atom is 0.341 e. The highest BCUT2D eigenvalue weighted by atomic mass is 35.5. The largest absolute Gasteiger partial charge is 0.462 e. The maximum atomic E-state index is 12.7. The molecule has 0 aliphatic heterocycles. The molecule has 6 nitrogen and oxygen atoms in total. The highest BCUT2D eigenvalue weighted by Gasteiger charge is 2.20. The molecule has 0 aliphatic rings. The first-order chi connectivity index (χ1) is 12.9. The van der Waals surface area contributed by atoms with Crippen LogP contribution in [0.15, 0.2) is 34.7 Å². The second kappa shape index (κ2) is 7.94. The number of hydrogen-bond acceptors (Lipinski definition) is 6. The molecule has 0 saturated carbocycles. The lowest BCUT2D eigenvalue weighted by Gasteiger charge is -2.07. The third-order valence-corrected chi connectivity index (χ3v) is 5.26. The van der Waals surface area contributed by atoms with Crippen molar-refractivity contribution >= 4 is 50.8 Å². The highest BCUT2D eigenvalue weighted by Crippen LogP contribution is 2.30. The Hall–Kier alpha value is -2.64. The van der Waals surface area contributed by atoms with Crippen LogP contribution in [0.1, 0.15) is 39.4 Å². The molecular weight excluding hydrogens is 388 g/mol. The third-order valence-electron chi connectivity index (χ3n) is 3.83. The number of fused-ring (bicyclic) bond motifs is 1. The Bertz CT molecular complexity index is 1090. The average molecular weight is 405 g/mol. The van der Waals surface area contributed by atoms with Crippen molar-refractivity contribution in [3.05, 3.63) is 56.9 Å². The molecular formula is C19H17ClN2O4S. The Kier molecular flexibility index (Phi) is 5.62. The lowest BCUT2D eigenvalue weighted by Crippen LogP contribution is -2.21. The first-order valence-electron chi connectivity index (χ1n) is 8.32. The van der Waals surface area contributed by atoms with E-state index in [2.05, 4.69) is 5.32 Å². The molecule has 140 valence electrons. The Morgan fingerprint density at radius 3 is 2.70 bits per heavy atom. The van der Waals surface area contributed by atoms with Gasteiger partial charge < -0.3 is 14.5 Å². The van der Waals surface area contributed by atoms with E-state index in [1.54, 1.807) is 37.3 Å². The lowest BCUT2D eigenvalue weighted by atomic mass is 10.1. The van der Waals surface area contributed by atoms with Gasteiger partial charge in [0.25, 0.3) is 5.91 Å². The molecule has 27 heavy (non-hydrogen) atoms. The number of ether oxygens (including phenoxy) is 1. The number of hydrogen-bond donors (Lipinski definition) is 2. The molecule has 1 aromatic carbocycles. The molecule has 0 fully saturated rings. The van der Waals surface area contributed by atoms with Crippen molar-refractivity contribution in [2.24, 2.45) is 0 Å². The molecule has 8 heteroatoms. The van der Waals surface area contributed by atoms with Gasteiger partial charge in [-0.1, -0.05) is 18.5 Å². The van der Waals surface area contributed by atoms with E-state index in [1.807, 2.05) is 6.92 Å². The predicted molar refractivity (Wildman–Crippen MR) is 105 cm³/mol. The molecule has 3 aromatic rings. The van der Waals surface area contributed by atoms with Crippen LogP contribution in [-0.4, -0.2) is 18.5 Å². The summed E-state index contributed by atoms with van der Waals surface area (Å²) in [5, 5.41) is 12.2. The molecule has 0 saturated heterocycles. The van der Waals surface area contributed by atoms with E-state index in [-0.39, 0.29) is 17.7 Å². The van der Waals surface area contributed by atoms with Crippen molar-refractivity contribution in [2.45, 2.75) is 20.3 Å². The number of carbonyl (C=O) groups is 2. The summed E-state index contributed by atoms with van der Waals surface area (Å²) in [6.07, 6.45) is 0.723. The van der Waals surface area contributed by atoms with Crippen LogP contribution in [0, 0.1) is 5.41 Å². The Morgan fingerprint density at radius 1 is 1.22 bits per heavy atom. The first-order valence-corrected chi connectivity index (χ1v) is 9.51. The standard InChI is InChI=1S/C19H17ClN2O4S/c1-3-12-9-14(19(24)25-4-2)18(27-12)22-17(23)13-8-10-7-11(20)5-6-15(10)26-16(13)21/h5-9,21H,3-4H2,1-2H3,(H,22,23). The van der Waals surface area contributed by atoms with Gasteiger partial charge >= 0.3 is 5.97 Å². The zero-order valence-electron chi connectivity index (χ0n) is 14.7.